The lowest BCUT2D eigenvalue weighted by molar-refractivity contribution is 0.102. The maximum absolute atomic E-state index is 14.6. The Labute approximate surface area is 187 Å². The van der Waals surface area contributed by atoms with E-state index in [0.29, 0.717) is 36.0 Å². The molecule has 32 heavy (non-hydrogen) atoms. The van der Waals surface area contributed by atoms with Crippen LogP contribution in [-0.4, -0.2) is 30.6 Å². The van der Waals surface area contributed by atoms with Crippen molar-refractivity contribution in [3.8, 4) is 11.5 Å². The van der Waals surface area contributed by atoms with Gasteiger partial charge >= 0.3 is 0 Å². The first-order valence-electron chi connectivity index (χ1n) is 10.8. The summed E-state index contributed by atoms with van der Waals surface area (Å²) in [7, 11) is 0. The van der Waals surface area contributed by atoms with E-state index in [1.165, 1.54) is 6.07 Å². The first kappa shape index (κ1) is 21.6. The fourth-order valence-electron chi connectivity index (χ4n) is 3.73. The molecule has 6 nitrogen and oxygen atoms in total. The number of rotatable bonds is 8. The van der Waals surface area contributed by atoms with Crippen molar-refractivity contribution in [2.24, 2.45) is 0 Å². The molecule has 1 N–H and O–H groups in total. The number of amides is 1. The standard InChI is InChI=1S/C25H26FN3O3/c1-2-31-23-15-19(10-11-22(23)32-17-18-7-6-12-27-16-18)25(30)28-24-20(26)8-5-9-21(24)29-13-3-4-14-29/h5-12,15-16H,2-4,13-14,17H2,1H3,(H,28,30). The molecule has 0 spiro atoms. The van der Waals surface area contributed by atoms with Gasteiger partial charge in [0.25, 0.3) is 5.91 Å². The van der Waals surface area contributed by atoms with E-state index >= 15 is 0 Å². The predicted molar refractivity (Wildman–Crippen MR) is 122 cm³/mol. The van der Waals surface area contributed by atoms with Gasteiger partial charge in [0.1, 0.15) is 18.1 Å². The third kappa shape index (κ3) is 4.99. The van der Waals surface area contributed by atoms with Gasteiger partial charge in [0.15, 0.2) is 11.5 Å². The number of carbonyl (C=O) groups is 1. The number of carbonyl (C=O) groups excluding carboxylic acids is 1. The van der Waals surface area contributed by atoms with Crippen LogP contribution in [0.2, 0.25) is 0 Å². The quantitative estimate of drug-likeness (QED) is 0.536. The molecule has 4 rings (SSSR count). The number of ether oxygens (including phenoxy) is 2. The van der Waals surface area contributed by atoms with Crippen molar-refractivity contribution >= 4 is 17.3 Å². The smallest absolute Gasteiger partial charge is 0.255 e. The number of anilines is 2. The number of aromatic nitrogens is 1. The maximum Gasteiger partial charge on any atom is 0.255 e. The van der Waals surface area contributed by atoms with Gasteiger partial charge in [0.2, 0.25) is 0 Å². The Hall–Kier alpha value is -3.61. The molecule has 1 fully saturated rings. The van der Waals surface area contributed by atoms with Crippen molar-refractivity contribution in [3.05, 3.63) is 77.9 Å². The number of nitrogens with zero attached hydrogens (tertiary/aromatic N) is 2. The van der Waals surface area contributed by atoms with Gasteiger partial charge in [-0.2, -0.15) is 0 Å². The van der Waals surface area contributed by atoms with Crippen molar-refractivity contribution < 1.29 is 18.7 Å². The largest absolute Gasteiger partial charge is 0.490 e. The first-order chi connectivity index (χ1) is 15.7. The van der Waals surface area contributed by atoms with Crippen LogP contribution in [0, 0.1) is 5.82 Å². The number of para-hydroxylation sites is 1. The van der Waals surface area contributed by atoms with Crippen LogP contribution in [0.1, 0.15) is 35.7 Å². The number of nitrogens with one attached hydrogen (secondary N) is 1. The van der Waals surface area contributed by atoms with Gasteiger partial charge in [-0.1, -0.05) is 12.1 Å². The van der Waals surface area contributed by atoms with E-state index in [-0.39, 0.29) is 5.69 Å². The Morgan fingerprint density at radius 3 is 2.69 bits per heavy atom. The Morgan fingerprint density at radius 1 is 1.09 bits per heavy atom. The minimum absolute atomic E-state index is 0.203. The molecular formula is C25H26FN3O3. The molecule has 3 aromatic rings. The third-order valence-electron chi connectivity index (χ3n) is 5.30. The van der Waals surface area contributed by atoms with Gasteiger partial charge in [0.05, 0.1) is 12.3 Å². The summed E-state index contributed by atoms with van der Waals surface area (Å²) < 4.78 is 26.2. The van der Waals surface area contributed by atoms with Gasteiger partial charge in [-0.3, -0.25) is 9.78 Å². The van der Waals surface area contributed by atoms with Crippen LogP contribution >= 0.6 is 0 Å². The van der Waals surface area contributed by atoms with Gasteiger partial charge in [-0.15, -0.1) is 0 Å². The Bertz CT molecular complexity index is 1070. The second-order valence-corrected chi connectivity index (χ2v) is 7.53. The molecule has 1 aliphatic heterocycles. The first-order valence-corrected chi connectivity index (χ1v) is 10.8. The molecule has 0 aliphatic carbocycles. The predicted octanol–water partition coefficient (Wildman–Crippen LogP) is 5.05. The molecular weight excluding hydrogens is 409 g/mol. The zero-order valence-electron chi connectivity index (χ0n) is 18.0. The Kier molecular flexibility index (Phi) is 6.84. The summed E-state index contributed by atoms with van der Waals surface area (Å²) in [5, 5.41) is 2.76. The van der Waals surface area contributed by atoms with Crippen LogP contribution in [0.5, 0.6) is 11.5 Å². The highest BCUT2D eigenvalue weighted by Crippen LogP contribution is 2.33. The van der Waals surface area contributed by atoms with Crippen molar-refractivity contribution in [3.63, 3.8) is 0 Å². The third-order valence-corrected chi connectivity index (χ3v) is 5.30. The van der Waals surface area contributed by atoms with Crippen molar-refractivity contribution in [2.75, 3.05) is 29.9 Å². The van der Waals surface area contributed by atoms with E-state index in [4.69, 9.17) is 9.47 Å². The highest BCUT2D eigenvalue weighted by molar-refractivity contribution is 6.06. The minimum atomic E-state index is -0.454. The average molecular weight is 435 g/mol. The summed E-state index contributed by atoms with van der Waals surface area (Å²) in [5.74, 6) is 0.118. The van der Waals surface area contributed by atoms with E-state index in [2.05, 4.69) is 15.2 Å². The fourth-order valence-corrected chi connectivity index (χ4v) is 3.73. The van der Waals surface area contributed by atoms with Crippen molar-refractivity contribution in [1.82, 2.24) is 4.98 Å². The molecule has 166 valence electrons. The highest BCUT2D eigenvalue weighted by atomic mass is 19.1. The summed E-state index contributed by atoms with van der Waals surface area (Å²) in [6.07, 6.45) is 5.55. The summed E-state index contributed by atoms with van der Waals surface area (Å²) >= 11 is 0. The molecule has 2 heterocycles. The van der Waals surface area contributed by atoms with E-state index in [1.807, 2.05) is 25.1 Å². The van der Waals surface area contributed by atoms with E-state index in [9.17, 15) is 9.18 Å². The molecule has 1 aliphatic rings. The molecule has 0 bridgehead atoms. The number of hydrogen-bond donors (Lipinski definition) is 1. The summed E-state index contributed by atoms with van der Waals surface area (Å²) in [5.41, 5.74) is 2.19. The van der Waals surface area contributed by atoms with Gasteiger partial charge in [0, 0.05) is 36.6 Å². The fraction of sp³-hybridized carbons (Fsp3) is 0.280. The second kappa shape index (κ2) is 10.1. The molecule has 1 aromatic heterocycles. The molecule has 7 heteroatoms. The molecule has 0 radical (unpaired) electrons. The lowest BCUT2D eigenvalue weighted by atomic mass is 10.1. The topological polar surface area (TPSA) is 63.7 Å². The zero-order valence-corrected chi connectivity index (χ0v) is 18.0. The molecule has 0 unspecified atom stereocenters. The molecule has 0 atom stereocenters. The van der Waals surface area contributed by atoms with E-state index < -0.39 is 11.7 Å². The number of pyridine rings is 1. The van der Waals surface area contributed by atoms with Crippen LogP contribution in [0.4, 0.5) is 15.8 Å². The van der Waals surface area contributed by atoms with Crippen LogP contribution in [0.25, 0.3) is 0 Å². The van der Waals surface area contributed by atoms with Gasteiger partial charge < -0.3 is 19.7 Å². The van der Waals surface area contributed by atoms with Gasteiger partial charge in [-0.25, -0.2) is 4.39 Å². The van der Waals surface area contributed by atoms with Crippen LogP contribution in [0.3, 0.4) is 0 Å². The van der Waals surface area contributed by atoms with Crippen LogP contribution in [0.15, 0.2) is 60.9 Å². The Morgan fingerprint density at radius 2 is 1.94 bits per heavy atom. The average Bonchev–Trinajstić information content (AvgIpc) is 3.35. The van der Waals surface area contributed by atoms with Gasteiger partial charge in [-0.05, 0) is 56.2 Å². The Balaban J connectivity index is 1.53. The van der Waals surface area contributed by atoms with Crippen molar-refractivity contribution in [2.45, 2.75) is 26.4 Å². The van der Waals surface area contributed by atoms with Crippen LogP contribution < -0.4 is 19.7 Å². The highest BCUT2D eigenvalue weighted by Gasteiger charge is 2.21. The lowest BCUT2D eigenvalue weighted by Crippen LogP contribution is -2.22. The summed E-state index contributed by atoms with van der Waals surface area (Å²) in [6.45, 7) is 4.31. The summed E-state index contributed by atoms with van der Waals surface area (Å²) in [4.78, 5) is 19.2. The summed E-state index contributed by atoms with van der Waals surface area (Å²) in [6, 6.07) is 13.6. The maximum atomic E-state index is 14.6. The van der Waals surface area contributed by atoms with E-state index in [1.54, 1.807) is 36.7 Å². The number of hydrogen-bond acceptors (Lipinski definition) is 5. The molecule has 1 saturated heterocycles. The lowest BCUT2D eigenvalue weighted by Gasteiger charge is -2.22. The molecule has 1 amide bonds. The van der Waals surface area contributed by atoms with Crippen LogP contribution in [-0.2, 0) is 6.61 Å². The monoisotopic (exact) mass is 435 g/mol. The molecule has 2 aromatic carbocycles. The van der Waals surface area contributed by atoms with Crippen molar-refractivity contribution in [1.29, 1.82) is 0 Å². The second-order valence-electron chi connectivity index (χ2n) is 7.53. The number of benzene rings is 2. The number of halogens is 1. The normalized spacial score (nSPS) is 13.1. The molecule has 0 saturated carbocycles. The SMILES string of the molecule is CCOc1cc(C(=O)Nc2c(F)cccc2N2CCCC2)ccc1OCc1cccnc1. The zero-order chi connectivity index (χ0) is 22.3. The van der Waals surface area contributed by atoms with E-state index in [0.717, 1.165) is 31.5 Å². The minimum Gasteiger partial charge on any atom is -0.490 e.